The molecule has 0 aliphatic carbocycles. The Morgan fingerprint density at radius 3 is 2.15 bits per heavy atom. The van der Waals surface area contributed by atoms with Crippen molar-refractivity contribution in [2.24, 2.45) is 0 Å². The number of nitrogens with one attached hydrogen (secondary N) is 2. The summed E-state index contributed by atoms with van der Waals surface area (Å²) in [6, 6.07) is 36.6. The van der Waals surface area contributed by atoms with Gasteiger partial charge in [-0.25, -0.2) is 4.79 Å². The van der Waals surface area contributed by atoms with E-state index in [2.05, 4.69) is 32.1 Å². The molecule has 1 amide bonds. The number of aryl methyl sites for hydroxylation is 1. The zero-order valence-electron chi connectivity index (χ0n) is 26.9. The molecule has 1 aliphatic heterocycles. The summed E-state index contributed by atoms with van der Waals surface area (Å²) >= 11 is 0. The number of amides is 1. The van der Waals surface area contributed by atoms with Crippen LogP contribution in [0.4, 0.5) is 4.79 Å². The number of ether oxygens (including phenoxy) is 2. The Balaban J connectivity index is 1.10. The molecule has 1 fully saturated rings. The third-order valence-corrected chi connectivity index (χ3v) is 8.71. The number of methoxy groups -OCH3 is 1. The number of ketones is 1. The molecule has 3 atom stereocenters. The fourth-order valence-corrected chi connectivity index (χ4v) is 6.21. The first-order chi connectivity index (χ1) is 23.6. The fraction of sp³-hybridized carbons (Fsp3) is 0.289. The first-order valence-electron chi connectivity index (χ1n) is 16.3. The molecule has 2 N–H and O–H groups in total. The summed E-state index contributed by atoms with van der Waals surface area (Å²) in [5.74, 6) is 0.125. The number of aromatic nitrogens is 4. The maximum absolute atomic E-state index is 14.2. The zero-order valence-corrected chi connectivity index (χ0v) is 26.9. The average molecular weight is 645 g/mol. The molecule has 6 rings (SSSR count). The lowest BCUT2D eigenvalue weighted by Gasteiger charge is -2.29. The minimum absolute atomic E-state index is 0.00125. The van der Waals surface area contributed by atoms with Crippen molar-refractivity contribution in [2.75, 3.05) is 20.3 Å². The van der Waals surface area contributed by atoms with E-state index in [1.165, 1.54) is 7.11 Å². The lowest BCUT2D eigenvalue weighted by molar-refractivity contribution is -0.120. The Labute approximate surface area is 280 Å². The van der Waals surface area contributed by atoms with Crippen LogP contribution in [0, 0.1) is 0 Å². The van der Waals surface area contributed by atoms with Crippen molar-refractivity contribution < 1.29 is 19.1 Å². The van der Waals surface area contributed by atoms with Crippen molar-refractivity contribution in [3.05, 3.63) is 149 Å². The molecule has 1 aliphatic rings. The Morgan fingerprint density at radius 2 is 1.52 bits per heavy atom. The molecule has 0 radical (unpaired) electrons. The highest BCUT2D eigenvalue weighted by Gasteiger charge is 2.33. The topological polar surface area (TPSA) is 120 Å². The van der Waals surface area contributed by atoms with Crippen molar-refractivity contribution in [2.45, 2.75) is 49.9 Å². The summed E-state index contributed by atoms with van der Waals surface area (Å²) < 4.78 is 11.2. The second-order valence-corrected chi connectivity index (χ2v) is 11.9. The SMILES string of the molecule is COC(=O)N[C@H](C(=O)Cc1ccccc1CC[C@@H]1CN[C@H](c2nnn(Cc3ccccc3)n2)CO1)C(c1ccccc1)c1ccccc1. The average Bonchev–Trinajstić information content (AvgIpc) is 3.60. The number of nitrogens with zero attached hydrogens (tertiary/aromatic N) is 4. The summed E-state index contributed by atoms with van der Waals surface area (Å²) in [5, 5.41) is 19.4. The Hall–Kier alpha value is -5.19. The van der Waals surface area contributed by atoms with Crippen LogP contribution in [0.1, 0.15) is 52.0 Å². The molecule has 0 bridgehead atoms. The van der Waals surface area contributed by atoms with Gasteiger partial charge in [0.1, 0.15) is 6.04 Å². The zero-order chi connectivity index (χ0) is 33.1. The summed E-state index contributed by atoms with van der Waals surface area (Å²) in [6.07, 6.45) is 1.03. The summed E-state index contributed by atoms with van der Waals surface area (Å²) in [4.78, 5) is 28.3. The number of Topliss-reactive ketones (excluding diaryl/α,β-unsaturated/α-hetero) is 1. The second-order valence-electron chi connectivity index (χ2n) is 11.9. The number of benzene rings is 4. The highest BCUT2D eigenvalue weighted by molar-refractivity contribution is 5.90. The number of hydrogen-bond donors (Lipinski definition) is 2. The molecule has 246 valence electrons. The van der Waals surface area contributed by atoms with E-state index in [0.29, 0.717) is 25.5 Å². The van der Waals surface area contributed by atoms with Gasteiger partial charge in [0.05, 0.1) is 32.4 Å². The summed E-state index contributed by atoms with van der Waals surface area (Å²) in [6.45, 7) is 1.66. The standard InChI is InChI=1S/C38H40N6O4/c1-47-38(46)40-36(35(29-16-7-3-8-17-29)30-18-9-4-10-19-30)34(45)23-31-20-12-11-15-28(31)21-22-32-24-39-33(26-48-32)37-41-43-44(42-37)25-27-13-5-2-6-14-27/h2-20,32-33,35-36,39H,21-26H2,1H3,(H,40,46)/t32-,33+,36-/m1/s1. The quantitative estimate of drug-likeness (QED) is 0.183. The minimum Gasteiger partial charge on any atom is -0.453 e. The minimum atomic E-state index is -0.836. The van der Waals surface area contributed by atoms with Crippen LogP contribution >= 0.6 is 0 Å². The molecule has 1 saturated heterocycles. The van der Waals surface area contributed by atoms with Crippen molar-refractivity contribution in [3.8, 4) is 0 Å². The van der Waals surface area contributed by atoms with Gasteiger partial charge in [-0.1, -0.05) is 115 Å². The van der Waals surface area contributed by atoms with Gasteiger partial charge in [-0.3, -0.25) is 4.79 Å². The van der Waals surface area contributed by atoms with Crippen LogP contribution < -0.4 is 10.6 Å². The summed E-state index contributed by atoms with van der Waals surface area (Å²) in [5.41, 5.74) is 4.98. The molecule has 0 spiro atoms. The van der Waals surface area contributed by atoms with E-state index in [4.69, 9.17) is 9.47 Å². The van der Waals surface area contributed by atoms with Gasteiger partial charge in [0.2, 0.25) is 0 Å². The lowest BCUT2D eigenvalue weighted by atomic mass is 9.81. The number of carbonyl (C=O) groups excluding carboxylic acids is 2. The molecule has 10 heteroatoms. The molecule has 0 unspecified atom stereocenters. The first kappa shape index (κ1) is 32.7. The number of morpholine rings is 1. The number of carbonyl (C=O) groups is 2. The van der Waals surface area contributed by atoms with Gasteiger partial charge in [0, 0.05) is 18.9 Å². The smallest absolute Gasteiger partial charge is 0.407 e. The van der Waals surface area contributed by atoms with E-state index in [9.17, 15) is 9.59 Å². The molecule has 4 aromatic carbocycles. The molecule has 0 saturated carbocycles. The van der Waals surface area contributed by atoms with Crippen molar-refractivity contribution in [1.82, 2.24) is 30.8 Å². The molecular formula is C38H40N6O4. The van der Waals surface area contributed by atoms with Crippen LogP contribution in [0.2, 0.25) is 0 Å². The maximum atomic E-state index is 14.2. The molecule has 2 heterocycles. The normalized spacial score (nSPS) is 16.7. The van der Waals surface area contributed by atoms with Crippen molar-refractivity contribution >= 4 is 11.9 Å². The van der Waals surface area contributed by atoms with Gasteiger partial charge in [-0.2, -0.15) is 4.80 Å². The highest BCUT2D eigenvalue weighted by Crippen LogP contribution is 2.30. The number of hydrogen-bond acceptors (Lipinski definition) is 8. The van der Waals surface area contributed by atoms with Gasteiger partial charge >= 0.3 is 6.09 Å². The second kappa shape index (κ2) is 16.1. The third-order valence-electron chi connectivity index (χ3n) is 8.71. The van der Waals surface area contributed by atoms with E-state index >= 15 is 0 Å². The predicted octanol–water partition coefficient (Wildman–Crippen LogP) is 5.05. The molecule has 10 nitrogen and oxygen atoms in total. The number of alkyl carbamates (subject to hydrolysis) is 1. The molecule has 48 heavy (non-hydrogen) atoms. The Kier molecular flexibility index (Phi) is 11.0. The van der Waals surface area contributed by atoms with Crippen molar-refractivity contribution in [3.63, 3.8) is 0 Å². The van der Waals surface area contributed by atoms with Crippen LogP contribution in [0.15, 0.2) is 115 Å². The Morgan fingerprint density at radius 1 is 0.896 bits per heavy atom. The maximum Gasteiger partial charge on any atom is 0.407 e. The monoisotopic (exact) mass is 644 g/mol. The van der Waals surface area contributed by atoms with Crippen LogP contribution in [0.25, 0.3) is 0 Å². The van der Waals surface area contributed by atoms with E-state index in [1.54, 1.807) is 4.80 Å². The van der Waals surface area contributed by atoms with Gasteiger partial charge < -0.3 is 20.1 Å². The van der Waals surface area contributed by atoms with E-state index in [0.717, 1.165) is 40.7 Å². The van der Waals surface area contributed by atoms with Gasteiger partial charge in [-0.05, 0) is 45.9 Å². The third kappa shape index (κ3) is 8.39. The highest BCUT2D eigenvalue weighted by atomic mass is 16.5. The fourth-order valence-electron chi connectivity index (χ4n) is 6.21. The van der Waals surface area contributed by atoms with Crippen LogP contribution in [0.5, 0.6) is 0 Å². The van der Waals surface area contributed by atoms with Gasteiger partial charge in [-0.15, -0.1) is 10.2 Å². The van der Waals surface area contributed by atoms with Crippen LogP contribution in [0.3, 0.4) is 0 Å². The lowest BCUT2D eigenvalue weighted by Crippen LogP contribution is -2.46. The van der Waals surface area contributed by atoms with E-state index in [-0.39, 0.29) is 24.3 Å². The Bertz CT molecular complexity index is 1720. The molecule has 1 aromatic heterocycles. The molecule has 5 aromatic rings. The summed E-state index contributed by atoms with van der Waals surface area (Å²) in [7, 11) is 1.31. The van der Waals surface area contributed by atoms with E-state index < -0.39 is 18.1 Å². The van der Waals surface area contributed by atoms with Crippen molar-refractivity contribution in [1.29, 1.82) is 0 Å². The first-order valence-corrected chi connectivity index (χ1v) is 16.3. The largest absolute Gasteiger partial charge is 0.453 e. The van der Waals surface area contributed by atoms with E-state index in [1.807, 2.05) is 109 Å². The number of tetrazole rings is 1. The van der Waals surface area contributed by atoms with Crippen LogP contribution in [-0.2, 0) is 33.7 Å². The van der Waals surface area contributed by atoms with Gasteiger partial charge in [0.15, 0.2) is 11.6 Å². The van der Waals surface area contributed by atoms with Crippen LogP contribution in [-0.4, -0.2) is 64.5 Å². The predicted molar refractivity (Wildman–Crippen MR) is 181 cm³/mol. The number of rotatable bonds is 13. The van der Waals surface area contributed by atoms with Gasteiger partial charge in [0.25, 0.3) is 0 Å². The molecular weight excluding hydrogens is 604 g/mol.